The summed E-state index contributed by atoms with van der Waals surface area (Å²) in [4.78, 5) is 0.768. The molecular formula is C15H22ClNOS. The lowest BCUT2D eigenvalue weighted by Crippen LogP contribution is -2.37. The van der Waals surface area contributed by atoms with Crippen molar-refractivity contribution in [1.29, 1.82) is 0 Å². The molecule has 0 aliphatic heterocycles. The highest BCUT2D eigenvalue weighted by molar-refractivity contribution is 7.85. The number of hydrogen-bond donors (Lipinski definition) is 1. The summed E-state index contributed by atoms with van der Waals surface area (Å²) in [6, 6.07) is 7.46. The third-order valence-corrected chi connectivity index (χ3v) is 6.60. The summed E-state index contributed by atoms with van der Waals surface area (Å²) in [5.41, 5.74) is 5.87. The van der Waals surface area contributed by atoms with Crippen molar-refractivity contribution in [3.8, 4) is 0 Å². The van der Waals surface area contributed by atoms with Crippen molar-refractivity contribution in [1.82, 2.24) is 0 Å². The van der Waals surface area contributed by atoms with Gasteiger partial charge in [-0.25, -0.2) is 0 Å². The lowest BCUT2D eigenvalue weighted by atomic mass is 9.80. The number of nitrogens with two attached hydrogens (primary N) is 1. The maximum Gasteiger partial charge on any atom is 0.0579 e. The van der Waals surface area contributed by atoms with Gasteiger partial charge >= 0.3 is 0 Å². The van der Waals surface area contributed by atoms with Gasteiger partial charge in [0, 0.05) is 5.25 Å². The van der Waals surface area contributed by atoms with Crippen LogP contribution in [-0.2, 0) is 10.8 Å². The zero-order valence-electron chi connectivity index (χ0n) is 11.3. The molecule has 1 saturated carbocycles. The fourth-order valence-electron chi connectivity index (χ4n) is 2.95. The van der Waals surface area contributed by atoms with Crippen molar-refractivity contribution in [2.45, 2.75) is 42.8 Å². The van der Waals surface area contributed by atoms with Crippen molar-refractivity contribution in [3.05, 3.63) is 29.3 Å². The van der Waals surface area contributed by atoms with Gasteiger partial charge < -0.3 is 5.73 Å². The number of rotatable bonds is 4. The first-order valence-corrected chi connectivity index (χ1v) is 8.61. The molecule has 0 saturated heterocycles. The van der Waals surface area contributed by atoms with E-state index in [1.807, 2.05) is 24.3 Å². The van der Waals surface area contributed by atoms with Gasteiger partial charge in [-0.15, -0.1) is 0 Å². The Kier molecular flexibility index (Phi) is 5.43. The molecule has 0 aromatic heterocycles. The molecule has 4 unspecified atom stereocenters. The molecule has 0 heterocycles. The zero-order chi connectivity index (χ0) is 13.8. The van der Waals surface area contributed by atoms with Crippen LogP contribution in [0.1, 0.15) is 32.6 Å². The monoisotopic (exact) mass is 299 g/mol. The average Bonchev–Trinajstić information content (AvgIpc) is 2.46. The standard InChI is InChI=1S/C15H22ClNOS/c1-2-11-7-8-12(10-17)15(9-11)19(18)14-6-4-3-5-13(14)16/h3-6,11-12,15H,2,7-10,17H2,1H3. The molecular weight excluding hydrogens is 278 g/mol. The van der Waals surface area contributed by atoms with Crippen molar-refractivity contribution >= 4 is 22.4 Å². The van der Waals surface area contributed by atoms with Crippen molar-refractivity contribution in [2.75, 3.05) is 6.54 Å². The molecule has 1 aromatic rings. The quantitative estimate of drug-likeness (QED) is 0.923. The summed E-state index contributed by atoms with van der Waals surface area (Å²) in [7, 11) is -1.05. The Labute approximate surface area is 123 Å². The second kappa shape index (κ2) is 6.87. The Morgan fingerprint density at radius 1 is 1.37 bits per heavy atom. The smallest absolute Gasteiger partial charge is 0.0579 e. The van der Waals surface area contributed by atoms with Crippen molar-refractivity contribution in [2.24, 2.45) is 17.6 Å². The average molecular weight is 300 g/mol. The highest BCUT2D eigenvalue weighted by Crippen LogP contribution is 2.36. The minimum atomic E-state index is -1.05. The Morgan fingerprint density at radius 2 is 2.11 bits per heavy atom. The molecule has 2 nitrogen and oxygen atoms in total. The van der Waals surface area contributed by atoms with E-state index in [2.05, 4.69) is 6.92 Å². The summed E-state index contributed by atoms with van der Waals surface area (Å²) in [6.45, 7) is 2.83. The van der Waals surface area contributed by atoms with E-state index in [0.717, 1.165) is 24.2 Å². The number of halogens is 1. The van der Waals surface area contributed by atoms with E-state index in [9.17, 15) is 4.21 Å². The summed E-state index contributed by atoms with van der Waals surface area (Å²) in [5.74, 6) is 1.04. The lowest BCUT2D eigenvalue weighted by Gasteiger charge is -2.34. The van der Waals surface area contributed by atoms with Crippen LogP contribution in [0.3, 0.4) is 0 Å². The summed E-state index contributed by atoms with van der Waals surface area (Å²) >= 11 is 6.18. The molecule has 0 radical (unpaired) electrons. The van der Waals surface area contributed by atoms with E-state index in [0.29, 0.717) is 23.4 Å². The molecule has 106 valence electrons. The van der Waals surface area contributed by atoms with Gasteiger partial charge in [-0.3, -0.25) is 4.21 Å². The molecule has 4 atom stereocenters. The SMILES string of the molecule is CCC1CCC(CN)C(S(=O)c2ccccc2Cl)C1. The second-order valence-electron chi connectivity index (χ2n) is 5.35. The van der Waals surface area contributed by atoms with Crippen LogP contribution in [0.25, 0.3) is 0 Å². The molecule has 1 fully saturated rings. The van der Waals surface area contributed by atoms with Crippen LogP contribution in [0.15, 0.2) is 29.2 Å². The van der Waals surface area contributed by atoms with Gasteiger partial charge in [-0.05, 0) is 43.4 Å². The molecule has 1 aliphatic carbocycles. The van der Waals surface area contributed by atoms with Crippen LogP contribution < -0.4 is 5.73 Å². The number of benzene rings is 1. The fourth-order valence-corrected chi connectivity index (χ4v) is 5.15. The Balaban J connectivity index is 2.22. The largest absolute Gasteiger partial charge is 0.330 e. The van der Waals surface area contributed by atoms with Crippen LogP contribution in [0.4, 0.5) is 0 Å². The molecule has 0 amide bonds. The summed E-state index contributed by atoms with van der Waals surface area (Å²) in [6.07, 6.45) is 4.48. The molecule has 1 aromatic carbocycles. The van der Waals surface area contributed by atoms with Crippen LogP contribution in [0.2, 0.25) is 5.02 Å². The van der Waals surface area contributed by atoms with Crippen molar-refractivity contribution < 1.29 is 4.21 Å². The second-order valence-corrected chi connectivity index (χ2v) is 7.40. The van der Waals surface area contributed by atoms with Gasteiger partial charge in [0.1, 0.15) is 0 Å². The van der Waals surface area contributed by atoms with Gasteiger partial charge in [0.25, 0.3) is 0 Å². The van der Waals surface area contributed by atoms with E-state index >= 15 is 0 Å². The van der Waals surface area contributed by atoms with E-state index in [4.69, 9.17) is 17.3 Å². The maximum absolute atomic E-state index is 12.8. The first kappa shape index (κ1) is 15.0. The van der Waals surface area contributed by atoms with E-state index in [1.54, 1.807) is 0 Å². The zero-order valence-corrected chi connectivity index (χ0v) is 12.9. The fraction of sp³-hybridized carbons (Fsp3) is 0.600. The van der Waals surface area contributed by atoms with E-state index < -0.39 is 10.8 Å². The summed E-state index contributed by atoms with van der Waals surface area (Å²) < 4.78 is 12.8. The highest BCUT2D eigenvalue weighted by atomic mass is 35.5. The molecule has 1 aliphatic rings. The van der Waals surface area contributed by atoms with Crippen molar-refractivity contribution in [3.63, 3.8) is 0 Å². The van der Waals surface area contributed by atoms with Gasteiger partial charge in [-0.2, -0.15) is 0 Å². The van der Waals surface area contributed by atoms with Crippen LogP contribution in [-0.4, -0.2) is 16.0 Å². The molecule has 0 bridgehead atoms. The third-order valence-electron chi connectivity index (χ3n) is 4.25. The first-order chi connectivity index (χ1) is 9.17. The third kappa shape index (κ3) is 3.39. The topological polar surface area (TPSA) is 43.1 Å². The lowest BCUT2D eigenvalue weighted by molar-refractivity contribution is 0.280. The minimum Gasteiger partial charge on any atom is -0.330 e. The van der Waals surface area contributed by atoms with Gasteiger partial charge in [0.05, 0.1) is 20.7 Å². The molecule has 19 heavy (non-hydrogen) atoms. The van der Waals surface area contributed by atoms with Gasteiger partial charge in [0.2, 0.25) is 0 Å². The molecule has 0 spiro atoms. The van der Waals surface area contributed by atoms with E-state index in [1.165, 1.54) is 6.42 Å². The van der Waals surface area contributed by atoms with Crippen LogP contribution in [0.5, 0.6) is 0 Å². The molecule has 2 N–H and O–H groups in total. The molecule has 2 rings (SSSR count). The maximum atomic E-state index is 12.8. The normalized spacial score (nSPS) is 29.1. The van der Waals surface area contributed by atoms with E-state index in [-0.39, 0.29) is 5.25 Å². The molecule has 4 heteroatoms. The minimum absolute atomic E-state index is 0.156. The van der Waals surface area contributed by atoms with Crippen LogP contribution in [0, 0.1) is 11.8 Å². The van der Waals surface area contributed by atoms with Gasteiger partial charge in [-0.1, -0.05) is 43.5 Å². The Morgan fingerprint density at radius 3 is 2.74 bits per heavy atom. The van der Waals surface area contributed by atoms with Gasteiger partial charge in [0.15, 0.2) is 0 Å². The Bertz CT molecular complexity index is 452. The Hall–Kier alpha value is -0.380. The highest BCUT2D eigenvalue weighted by Gasteiger charge is 2.34. The summed E-state index contributed by atoms with van der Waals surface area (Å²) in [5, 5.41) is 0.763. The number of hydrogen-bond acceptors (Lipinski definition) is 2. The van der Waals surface area contributed by atoms with Crippen LogP contribution >= 0.6 is 11.6 Å². The first-order valence-electron chi connectivity index (χ1n) is 7.02. The predicted molar refractivity (Wildman–Crippen MR) is 81.8 cm³/mol. The predicted octanol–water partition coefficient (Wildman–Crippen LogP) is 3.60.